The third-order valence-corrected chi connectivity index (χ3v) is 2.77. The van der Waals surface area contributed by atoms with E-state index in [1.165, 1.54) is 7.11 Å². The summed E-state index contributed by atoms with van der Waals surface area (Å²) in [6, 6.07) is 12.3. The van der Waals surface area contributed by atoms with Gasteiger partial charge in [-0.2, -0.15) is 0 Å². The highest BCUT2D eigenvalue weighted by molar-refractivity contribution is 6.03. The van der Waals surface area contributed by atoms with E-state index in [1.807, 2.05) is 18.2 Å². The lowest BCUT2D eigenvalue weighted by atomic mass is 10.1. The van der Waals surface area contributed by atoms with Gasteiger partial charge in [-0.05, 0) is 24.3 Å². The van der Waals surface area contributed by atoms with Gasteiger partial charge in [0.25, 0.3) is 0 Å². The van der Waals surface area contributed by atoms with Crippen LogP contribution in [0.3, 0.4) is 0 Å². The first kappa shape index (κ1) is 13.9. The van der Waals surface area contributed by atoms with Crippen LogP contribution in [0.4, 0.5) is 11.4 Å². The number of ketones is 1. The number of hydrogen-bond acceptors (Lipinski definition) is 5. The molecule has 0 spiro atoms. The normalized spacial score (nSPS) is 10.2. The van der Waals surface area contributed by atoms with Gasteiger partial charge in [-0.25, -0.2) is 0 Å². The molecule has 0 saturated heterocycles. The fourth-order valence-electron chi connectivity index (χ4n) is 1.79. The van der Waals surface area contributed by atoms with Crippen LogP contribution in [0.5, 0.6) is 11.5 Å². The molecule has 2 aromatic rings. The summed E-state index contributed by atoms with van der Waals surface area (Å²) in [5.74, 6) is 0.670. The van der Waals surface area contributed by atoms with Crippen LogP contribution in [0.25, 0.3) is 0 Å². The van der Waals surface area contributed by atoms with E-state index in [-0.39, 0.29) is 23.8 Å². The van der Waals surface area contributed by atoms with Crippen molar-refractivity contribution in [3.8, 4) is 11.5 Å². The lowest BCUT2D eigenvalue weighted by molar-refractivity contribution is 0.0849. The summed E-state index contributed by atoms with van der Waals surface area (Å²) < 4.78 is 10.5. The Morgan fingerprint density at radius 2 is 1.80 bits per heavy atom. The monoisotopic (exact) mass is 272 g/mol. The minimum absolute atomic E-state index is 0.0428. The SMILES string of the molecule is COCC(=O)c1ccc(N)c(Oc2ccccc2)c1N. The number of benzene rings is 2. The second kappa shape index (κ2) is 6.08. The van der Waals surface area contributed by atoms with E-state index in [1.54, 1.807) is 24.3 Å². The quantitative estimate of drug-likeness (QED) is 0.645. The first-order chi connectivity index (χ1) is 9.63. The molecule has 0 unspecified atom stereocenters. The number of para-hydroxylation sites is 1. The molecule has 20 heavy (non-hydrogen) atoms. The first-order valence-electron chi connectivity index (χ1n) is 6.06. The summed E-state index contributed by atoms with van der Waals surface area (Å²) in [5, 5.41) is 0. The van der Waals surface area contributed by atoms with Crippen molar-refractivity contribution < 1.29 is 14.3 Å². The molecule has 5 nitrogen and oxygen atoms in total. The topological polar surface area (TPSA) is 87.6 Å². The van der Waals surface area contributed by atoms with Crippen molar-refractivity contribution in [1.82, 2.24) is 0 Å². The van der Waals surface area contributed by atoms with Crippen molar-refractivity contribution in [2.45, 2.75) is 0 Å². The van der Waals surface area contributed by atoms with Crippen LogP contribution < -0.4 is 16.2 Å². The van der Waals surface area contributed by atoms with Crippen molar-refractivity contribution in [3.63, 3.8) is 0 Å². The fraction of sp³-hybridized carbons (Fsp3) is 0.133. The minimum Gasteiger partial charge on any atom is -0.453 e. The van der Waals surface area contributed by atoms with Crippen LogP contribution in [-0.2, 0) is 4.74 Å². The maximum absolute atomic E-state index is 11.9. The van der Waals surface area contributed by atoms with Crippen LogP contribution in [0.1, 0.15) is 10.4 Å². The predicted octanol–water partition coefficient (Wildman–Crippen LogP) is 2.47. The Balaban J connectivity index is 2.37. The average Bonchev–Trinajstić information content (AvgIpc) is 2.45. The van der Waals surface area contributed by atoms with Gasteiger partial charge in [0.2, 0.25) is 0 Å². The Hall–Kier alpha value is -2.53. The average molecular weight is 272 g/mol. The lowest BCUT2D eigenvalue weighted by Gasteiger charge is -2.14. The summed E-state index contributed by atoms with van der Waals surface area (Å²) in [6.07, 6.45) is 0. The van der Waals surface area contributed by atoms with Crippen molar-refractivity contribution in [3.05, 3.63) is 48.0 Å². The molecule has 0 saturated carbocycles. The molecular weight excluding hydrogens is 256 g/mol. The Labute approximate surface area is 117 Å². The molecule has 0 bridgehead atoms. The third-order valence-electron chi connectivity index (χ3n) is 2.77. The summed E-state index contributed by atoms with van der Waals surface area (Å²) in [5.41, 5.74) is 12.8. The van der Waals surface area contributed by atoms with Gasteiger partial charge in [0.05, 0.1) is 11.4 Å². The molecule has 5 heteroatoms. The van der Waals surface area contributed by atoms with Crippen LogP contribution in [-0.4, -0.2) is 19.5 Å². The Morgan fingerprint density at radius 3 is 2.45 bits per heavy atom. The molecule has 2 aromatic carbocycles. The lowest BCUT2D eigenvalue weighted by Crippen LogP contribution is -2.11. The Bertz CT molecular complexity index is 612. The zero-order valence-electron chi connectivity index (χ0n) is 11.1. The van der Waals surface area contributed by atoms with Gasteiger partial charge in [0.15, 0.2) is 11.5 Å². The molecule has 0 atom stereocenters. The number of nitrogens with two attached hydrogens (primary N) is 2. The highest BCUT2D eigenvalue weighted by Gasteiger charge is 2.16. The number of ether oxygens (including phenoxy) is 2. The number of carbonyl (C=O) groups excluding carboxylic acids is 1. The predicted molar refractivity (Wildman–Crippen MR) is 78.0 cm³/mol. The molecule has 0 radical (unpaired) electrons. The van der Waals surface area contributed by atoms with Crippen LogP contribution >= 0.6 is 0 Å². The number of methoxy groups -OCH3 is 1. The van der Waals surface area contributed by atoms with Gasteiger partial charge in [-0.15, -0.1) is 0 Å². The second-order valence-corrected chi connectivity index (χ2v) is 4.22. The van der Waals surface area contributed by atoms with Crippen LogP contribution in [0.15, 0.2) is 42.5 Å². The molecule has 2 rings (SSSR count). The van der Waals surface area contributed by atoms with E-state index < -0.39 is 0 Å². The van der Waals surface area contributed by atoms with Gasteiger partial charge < -0.3 is 20.9 Å². The summed E-state index contributed by atoms with van der Waals surface area (Å²) >= 11 is 0. The standard InChI is InChI=1S/C15H16N2O3/c1-19-9-13(18)11-7-8-12(16)15(14(11)17)20-10-5-3-2-4-6-10/h2-8H,9,16-17H2,1H3. The van der Waals surface area contributed by atoms with Gasteiger partial charge >= 0.3 is 0 Å². The number of carbonyl (C=O) groups is 1. The zero-order valence-corrected chi connectivity index (χ0v) is 11.1. The maximum atomic E-state index is 11.9. The molecule has 0 amide bonds. The summed E-state index contributed by atoms with van der Waals surface area (Å²) in [6.45, 7) is -0.0428. The molecule has 104 valence electrons. The highest BCUT2D eigenvalue weighted by atomic mass is 16.5. The van der Waals surface area contributed by atoms with Gasteiger partial charge in [-0.1, -0.05) is 18.2 Å². The summed E-state index contributed by atoms with van der Waals surface area (Å²) in [7, 11) is 1.45. The second-order valence-electron chi connectivity index (χ2n) is 4.22. The van der Waals surface area contributed by atoms with E-state index >= 15 is 0 Å². The van der Waals surface area contributed by atoms with E-state index in [0.717, 1.165) is 0 Å². The molecule has 0 aromatic heterocycles. The smallest absolute Gasteiger partial charge is 0.190 e. The van der Waals surface area contributed by atoms with Crippen molar-refractivity contribution in [1.29, 1.82) is 0 Å². The van der Waals surface area contributed by atoms with Gasteiger partial charge in [0.1, 0.15) is 12.4 Å². The molecule has 0 aliphatic heterocycles. The number of anilines is 2. The molecule has 0 heterocycles. The molecule has 0 aliphatic rings. The number of nitrogen functional groups attached to an aromatic ring is 2. The maximum Gasteiger partial charge on any atom is 0.190 e. The van der Waals surface area contributed by atoms with E-state index in [0.29, 0.717) is 17.0 Å². The summed E-state index contributed by atoms with van der Waals surface area (Å²) in [4.78, 5) is 11.9. The van der Waals surface area contributed by atoms with Crippen molar-refractivity contribution in [2.75, 3.05) is 25.2 Å². The molecule has 4 N–H and O–H groups in total. The largest absolute Gasteiger partial charge is 0.453 e. The third kappa shape index (κ3) is 2.89. The number of Topliss-reactive ketones (excluding diaryl/α,β-unsaturated/α-hetero) is 1. The van der Waals surface area contributed by atoms with Gasteiger partial charge in [0, 0.05) is 12.7 Å². The van der Waals surface area contributed by atoms with Crippen molar-refractivity contribution in [2.24, 2.45) is 0 Å². The van der Waals surface area contributed by atoms with E-state index in [2.05, 4.69) is 0 Å². The van der Waals surface area contributed by atoms with Gasteiger partial charge in [-0.3, -0.25) is 4.79 Å². The molecule has 0 fully saturated rings. The number of rotatable bonds is 5. The first-order valence-corrected chi connectivity index (χ1v) is 6.06. The highest BCUT2D eigenvalue weighted by Crippen LogP contribution is 2.35. The van der Waals surface area contributed by atoms with E-state index in [4.69, 9.17) is 20.9 Å². The minimum atomic E-state index is -0.220. The van der Waals surface area contributed by atoms with Crippen molar-refractivity contribution >= 4 is 17.2 Å². The van der Waals surface area contributed by atoms with Crippen LogP contribution in [0.2, 0.25) is 0 Å². The Morgan fingerprint density at radius 1 is 1.10 bits per heavy atom. The number of hydrogen-bond donors (Lipinski definition) is 2. The fourth-order valence-corrected chi connectivity index (χ4v) is 1.79. The molecule has 0 aliphatic carbocycles. The Kier molecular flexibility index (Phi) is 4.22. The van der Waals surface area contributed by atoms with Crippen LogP contribution in [0, 0.1) is 0 Å². The zero-order chi connectivity index (χ0) is 14.5. The van der Waals surface area contributed by atoms with E-state index in [9.17, 15) is 4.79 Å². The molecular formula is C15H16N2O3.